The number of hydrogen-bond acceptors (Lipinski definition) is 4. The molecular weight excluding hydrogens is 474 g/mol. The Labute approximate surface area is 216 Å². The topological polar surface area (TPSA) is 79.2 Å². The van der Waals surface area contributed by atoms with Gasteiger partial charge in [0.15, 0.2) is 0 Å². The second-order valence-corrected chi connectivity index (χ2v) is 8.83. The van der Waals surface area contributed by atoms with Crippen LogP contribution in [0.4, 0.5) is 14.5 Å². The quantitative estimate of drug-likeness (QED) is 0.148. The van der Waals surface area contributed by atoms with Crippen molar-refractivity contribution in [2.24, 2.45) is 0 Å². The molecule has 0 saturated heterocycles. The Balaban J connectivity index is 1.23. The van der Waals surface area contributed by atoms with E-state index < -0.39 is 17.6 Å². The van der Waals surface area contributed by atoms with Crippen molar-refractivity contribution < 1.29 is 23.1 Å². The number of nitrogens with zero attached hydrogens (tertiary/aromatic N) is 1. The van der Waals surface area contributed by atoms with E-state index in [1.54, 1.807) is 24.3 Å². The molecule has 0 aliphatic rings. The van der Waals surface area contributed by atoms with Crippen molar-refractivity contribution in [2.75, 3.05) is 5.32 Å². The van der Waals surface area contributed by atoms with Gasteiger partial charge in [-0.25, -0.2) is 8.78 Å². The molecule has 0 radical (unpaired) electrons. The Kier molecular flexibility index (Phi) is 10.8. The van der Waals surface area contributed by atoms with E-state index in [0.717, 1.165) is 38.5 Å². The Morgan fingerprint density at radius 2 is 1.41 bits per heavy atom. The highest BCUT2D eigenvalue weighted by molar-refractivity contribution is 5.90. The van der Waals surface area contributed by atoms with Gasteiger partial charge in [-0.15, -0.1) is 0 Å². The number of nitriles is 1. The molecule has 7 heteroatoms. The summed E-state index contributed by atoms with van der Waals surface area (Å²) in [6, 6.07) is 18.6. The van der Waals surface area contributed by atoms with Crippen molar-refractivity contribution in [3.05, 3.63) is 83.9 Å². The smallest absolute Gasteiger partial charge is 0.311 e. The van der Waals surface area contributed by atoms with Crippen LogP contribution in [0.25, 0.3) is 11.1 Å². The van der Waals surface area contributed by atoms with E-state index in [9.17, 15) is 18.4 Å². The summed E-state index contributed by atoms with van der Waals surface area (Å²) < 4.78 is 32.7. The fraction of sp³-hybridized carbons (Fsp3) is 0.300. The molecule has 3 aromatic carbocycles. The fourth-order valence-electron chi connectivity index (χ4n) is 3.90. The third-order valence-corrected chi connectivity index (χ3v) is 5.91. The summed E-state index contributed by atoms with van der Waals surface area (Å²) in [6.07, 6.45) is 7.12. The number of hydrogen-bond donors (Lipinski definition) is 1. The molecule has 5 nitrogen and oxygen atoms in total. The molecule has 0 saturated carbocycles. The van der Waals surface area contributed by atoms with Crippen LogP contribution in [0.15, 0.2) is 66.7 Å². The standard InChI is InChI=1S/C30H30F2N2O3/c31-24-14-12-23(13-15-24)27-19-18-26(20-28(27)32)37-30(36)9-7-5-3-1-2-4-6-8-29(35)34-25-16-10-22(21-33)11-17-25/h10-20H,1-9H2,(H,34,35). The molecular formula is C30H30F2N2O3. The van der Waals surface area contributed by atoms with Crippen molar-refractivity contribution in [1.82, 2.24) is 0 Å². The summed E-state index contributed by atoms with van der Waals surface area (Å²) in [7, 11) is 0. The number of nitrogens with one attached hydrogen (secondary N) is 1. The van der Waals surface area contributed by atoms with Gasteiger partial charge < -0.3 is 10.1 Å². The minimum atomic E-state index is -0.538. The molecule has 0 unspecified atom stereocenters. The minimum absolute atomic E-state index is 0.0341. The van der Waals surface area contributed by atoms with Gasteiger partial charge in [0.25, 0.3) is 0 Å². The highest BCUT2D eigenvalue weighted by atomic mass is 19.1. The first kappa shape index (κ1) is 27.5. The number of carbonyl (C=O) groups excluding carboxylic acids is 2. The Morgan fingerprint density at radius 3 is 2.03 bits per heavy atom. The Hall–Kier alpha value is -4.05. The first-order chi connectivity index (χ1) is 17.9. The molecule has 0 aromatic heterocycles. The van der Waals surface area contributed by atoms with Gasteiger partial charge in [0, 0.05) is 30.2 Å². The van der Waals surface area contributed by atoms with Gasteiger partial charge >= 0.3 is 5.97 Å². The highest BCUT2D eigenvalue weighted by Gasteiger charge is 2.10. The monoisotopic (exact) mass is 504 g/mol. The van der Waals surface area contributed by atoms with Crippen LogP contribution in [0.2, 0.25) is 0 Å². The van der Waals surface area contributed by atoms with Crippen LogP contribution in [0, 0.1) is 23.0 Å². The second-order valence-electron chi connectivity index (χ2n) is 8.83. The van der Waals surface area contributed by atoms with Crippen molar-refractivity contribution in [2.45, 2.75) is 57.8 Å². The third-order valence-electron chi connectivity index (χ3n) is 5.91. The van der Waals surface area contributed by atoms with Crippen molar-refractivity contribution in [3.8, 4) is 22.9 Å². The lowest BCUT2D eigenvalue weighted by Crippen LogP contribution is -2.10. The molecule has 0 aliphatic carbocycles. The zero-order valence-electron chi connectivity index (χ0n) is 20.6. The van der Waals surface area contributed by atoms with Gasteiger partial charge in [0.1, 0.15) is 17.4 Å². The van der Waals surface area contributed by atoms with Crippen LogP contribution in [0.3, 0.4) is 0 Å². The number of ether oxygens (including phenoxy) is 1. The number of halogens is 2. The number of rotatable bonds is 13. The number of unbranched alkanes of at least 4 members (excludes halogenated alkanes) is 6. The van der Waals surface area contributed by atoms with Gasteiger partial charge in [-0.05, 0) is 66.9 Å². The molecule has 0 bridgehead atoms. The van der Waals surface area contributed by atoms with Crippen LogP contribution in [-0.4, -0.2) is 11.9 Å². The first-order valence-electron chi connectivity index (χ1n) is 12.5. The predicted molar refractivity (Wildman–Crippen MR) is 139 cm³/mol. The summed E-state index contributed by atoms with van der Waals surface area (Å²) >= 11 is 0. The lowest BCUT2D eigenvalue weighted by Gasteiger charge is -2.08. The van der Waals surface area contributed by atoms with E-state index in [-0.39, 0.29) is 18.1 Å². The number of benzene rings is 3. The maximum Gasteiger partial charge on any atom is 0.311 e. The second kappa shape index (κ2) is 14.5. The first-order valence-corrected chi connectivity index (χ1v) is 12.5. The van der Waals surface area contributed by atoms with Crippen LogP contribution >= 0.6 is 0 Å². The predicted octanol–water partition coefficient (Wildman–Crippen LogP) is 7.56. The van der Waals surface area contributed by atoms with Crippen molar-refractivity contribution in [3.63, 3.8) is 0 Å². The molecule has 37 heavy (non-hydrogen) atoms. The molecule has 3 aromatic rings. The van der Waals surface area contributed by atoms with E-state index in [0.29, 0.717) is 35.2 Å². The average molecular weight is 505 g/mol. The zero-order valence-corrected chi connectivity index (χ0v) is 20.6. The van der Waals surface area contributed by atoms with E-state index in [4.69, 9.17) is 10.00 Å². The van der Waals surface area contributed by atoms with E-state index >= 15 is 0 Å². The fourth-order valence-corrected chi connectivity index (χ4v) is 3.90. The highest BCUT2D eigenvalue weighted by Crippen LogP contribution is 2.27. The summed E-state index contributed by atoms with van der Waals surface area (Å²) in [5.41, 5.74) is 2.10. The van der Waals surface area contributed by atoms with E-state index in [1.165, 1.54) is 42.5 Å². The van der Waals surface area contributed by atoms with E-state index in [2.05, 4.69) is 5.32 Å². The van der Waals surface area contributed by atoms with Crippen molar-refractivity contribution in [1.29, 1.82) is 5.26 Å². The van der Waals surface area contributed by atoms with Gasteiger partial charge in [0.05, 0.1) is 11.6 Å². The number of esters is 1. The molecule has 1 N–H and O–H groups in total. The SMILES string of the molecule is N#Cc1ccc(NC(=O)CCCCCCCCCC(=O)Oc2ccc(-c3ccc(F)cc3)c(F)c2)cc1. The minimum Gasteiger partial charge on any atom is -0.426 e. The summed E-state index contributed by atoms with van der Waals surface area (Å²) in [5.74, 6) is -1.22. The normalized spacial score (nSPS) is 10.5. The molecule has 192 valence electrons. The molecule has 0 aliphatic heterocycles. The number of anilines is 1. The molecule has 0 heterocycles. The molecule has 1 amide bonds. The maximum absolute atomic E-state index is 14.4. The maximum atomic E-state index is 14.4. The number of amides is 1. The Bertz CT molecular complexity index is 1220. The van der Waals surface area contributed by atoms with Crippen LogP contribution in [-0.2, 0) is 9.59 Å². The van der Waals surface area contributed by atoms with E-state index in [1.807, 2.05) is 6.07 Å². The molecule has 0 spiro atoms. The van der Waals surface area contributed by atoms with Gasteiger partial charge in [-0.2, -0.15) is 5.26 Å². The van der Waals surface area contributed by atoms with Crippen LogP contribution < -0.4 is 10.1 Å². The lowest BCUT2D eigenvalue weighted by molar-refractivity contribution is -0.134. The van der Waals surface area contributed by atoms with Gasteiger partial charge in [0.2, 0.25) is 5.91 Å². The summed E-state index contributed by atoms with van der Waals surface area (Å²) in [5, 5.41) is 11.6. The van der Waals surface area contributed by atoms with Crippen LogP contribution in [0.5, 0.6) is 5.75 Å². The number of carbonyl (C=O) groups is 2. The summed E-state index contributed by atoms with van der Waals surface area (Å²) in [4.78, 5) is 24.1. The zero-order chi connectivity index (χ0) is 26.5. The third kappa shape index (κ3) is 9.49. The van der Waals surface area contributed by atoms with Crippen molar-refractivity contribution >= 4 is 17.6 Å². The molecule has 0 atom stereocenters. The van der Waals surface area contributed by atoms with Gasteiger partial charge in [-0.3, -0.25) is 9.59 Å². The molecule has 3 rings (SSSR count). The summed E-state index contributed by atoms with van der Waals surface area (Å²) in [6.45, 7) is 0. The lowest BCUT2D eigenvalue weighted by atomic mass is 10.0. The largest absolute Gasteiger partial charge is 0.426 e. The van der Waals surface area contributed by atoms with Crippen LogP contribution in [0.1, 0.15) is 63.4 Å². The average Bonchev–Trinajstić information content (AvgIpc) is 2.89. The molecule has 0 fully saturated rings. The Morgan fingerprint density at radius 1 is 0.784 bits per heavy atom. The van der Waals surface area contributed by atoms with Gasteiger partial charge in [-0.1, -0.05) is 44.2 Å².